The van der Waals surface area contributed by atoms with Gasteiger partial charge in [0, 0.05) is 18.9 Å². The van der Waals surface area contributed by atoms with Crippen LogP contribution in [0.3, 0.4) is 0 Å². The Morgan fingerprint density at radius 2 is 2.08 bits per heavy atom. The third-order valence-corrected chi connectivity index (χ3v) is 3.56. The molecule has 0 aliphatic rings. The Kier molecular flexibility index (Phi) is 13.2. The Bertz CT molecular complexity index is 83.7. The third-order valence-electron chi connectivity index (χ3n) is 1.47. The van der Waals surface area contributed by atoms with Crippen molar-refractivity contribution in [2.45, 2.75) is 26.7 Å². The number of hydrogen-bond acceptors (Lipinski definition) is 4. The summed E-state index contributed by atoms with van der Waals surface area (Å²) < 4.78 is 5.40. The second kappa shape index (κ2) is 12.6. The predicted octanol–water partition coefficient (Wildman–Crippen LogP) is 2.75. The first-order valence-electron chi connectivity index (χ1n) is 4.94. The lowest BCUT2D eigenvalue weighted by Gasteiger charge is -2.02. The summed E-state index contributed by atoms with van der Waals surface area (Å²) in [7, 11) is 3.69. The molecule has 0 saturated carbocycles. The van der Waals surface area contributed by atoms with Gasteiger partial charge in [0.2, 0.25) is 0 Å². The highest BCUT2D eigenvalue weighted by atomic mass is 33.1. The van der Waals surface area contributed by atoms with Crippen molar-refractivity contribution in [1.29, 1.82) is 0 Å². The fraction of sp³-hybridized carbons (Fsp3) is 1.00. The van der Waals surface area contributed by atoms with E-state index in [0.717, 1.165) is 31.4 Å². The normalized spacial score (nSPS) is 10.6. The number of unbranched alkanes of at least 4 members (excludes halogenated alkanes) is 1. The SMILES string of the molecule is CCCCOCSSCCNCC. The molecule has 4 heteroatoms. The van der Waals surface area contributed by atoms with E-state index in [1.165, 1.54) is 12.8 Å². The maximum absolute atomic E-state index is 5.40. The van der Waals surface area contributed by atoms with Gasteiger partial charge < -0.3 is 10.1 Å². The molecule has 0 aromatic heterocycles. The van der Waals surface area contributed by atoms with Gasteiger partial charge in [-0.3, -0.25) is 0 Å². The minimum absolute atomic E-state index is 0.830. The Morgan fingerprint density at radius 3 is 2.77 bits per heavy atom. The van der Waals surface area contributed by atoms with E-state index in [4.69, 9.17) is 4.74 Å². The highest BCUT2D eigenvalue weighted by Crippen LogP contribution is 2.20. The molecule has 80 valence electrons. The summed E-state index contributed by atoms with van der Waals surface area (Å²) in [5, 5.41) is 3.28. The van der Waals surface area contributed by atoms with Gasteiger partial charge in [-0.05, 0) is 13.0 Å². The lowest BCUT2D eigenvalue weighted by Crippen LogP contribution is -2.15. The van der Waals surface area contributed by atoms with Gasteiger partial charge in [-0.25, -0.2) is 0 Å². The van der Waals surface area contributed by atoms with Gasteiger partial charge in [-0.1, -0.05) is 41.9 Å². The number of hydrogen-bond donors (Lipinski definition) is 1. The Hall–Kier alpha value is 0.620. The highest BCUT2D eigenvalue weighted by Gasteiger charge is 1.90. The van der Waals surface area contributed by atoms with Crippen LogP contribution in [0.1, 0.15) is 26.7 Å². The van der Waals surface area contributed by atoms with E-state index in [9.17, 15) is 0 Å². The van der Waals surface area contributed by atoms with Crippen molar-refractivity contribution in [3.05, 3.63) is 0 Å². The summed E-state index contributed by atoms with van der Waals surface area (Å²) in [6.45, 7) is 7.39. The summed E-state index contributed by atoms with van der Waals surface area (Å²) in [6.07, 6.45) is 2.40. The summed E-state index contributed by atoms with van der Waals surface area (Å²) in [4.78, 5) is 0. The monoisotopic (exact) mass is 223 g/mol. The van der Waals surface area contributed by atoms with Gasteiger partial charge in [0.25, 0.3) is 0 Å². The van der Waals surface area contributed by atoms with Crippen LogP contribution in [0.2, 0.25) is 0 Å². The lowest BCUT2D eigenvalue weighted by atomic mass is 10.4. The Morgan fingerprint density at radius 1 is 1.23 bits per heavy atom. The van der Waals surface area contributed by atoms with Crippen LogP contribution in [-0.2, 0) is 4.74 Å². The quantitative estimate of drug-likeness (QED) is 0.349. The summed E-state index contributed by atoms with van der Waals surface area (Å²) in [6, 6.07) is 0. The van der Waals surface area contributed by atoms with Crippen LogP contribution in [0.25, 0.3) is 0 Å². The first-order chi connectivity index (χ1) is 6.41. The second-order valence-electron chi connectivity index (χ2n) is 2.67. The molecule has 0 spiro atoms. The van der Waals surface area contributed by atoms with Crippen LogP contribution in [0.5, 0.6) is 0 Å². The maximum atomic E-state index is 5.40. The van der Waals surface area contributed by atoms with E-state index in [0.29, 0.717) is 0 Å². The molecule has 0 radical (unpaired) electrons. The van der Waals surface area contributed by atoms with Gasteiger partial charge in [0.1, 0.15) is 5.94 Å². The van der Waals surface area contributed by atoms with Crippen molar-refractivity contribution in [3.63, 3.8) is 0 Å². The lowest BCUT2D eigenvalue weighted by molar-refractivity contribution is 0.179. The number of rotatable bonds is 10. The zero-order chi connectivity index (χ0) is 9.78. The van der Waals surface area contributed by atoms with Crippen LogP contribution in [0.4, 0.5) is 0 Å². The zero-order valence-corrected chi connectivity index (χ0v) is 10.3. The molecular weight excluding hydrogens is 202 g/mol. The van der Waals surface area contributed by atoms with Gasteiger partial charge >= 0.3 is 0 Å². The van der Waals surface area contributed by atoms with Crippen molar-refractivity contribution in [2.75, 3.05) is 31.4 Å². The smallest absolute Gasteiger partial charge is 0.102 e. The van der Waals surface area contributed by atoms with Crippen LogP contribution in [0, 0.1) is 0 Å². The molecule has 2 nitrogen and oxygen atoms in total. The van der Waals surface area contributed by atoms with Crippen LogP contribution >= 0.6 is 21.6 Å². The van der Waals surface area contributed by atoms with Crippen molar-refractivity contribution >= 4 is 21.6 Å². The van der Waals surface area contributed by atoms with Crippen molar-refractivity contribution in [1.82, 2.24) is 5.32 Å². The Labute approximate surface area is 90.0 Å². The Balaban J connectivity index is 2.76. The van der Waals surface area contributed by atoms with Gasteiger partial charge in [0.05, 0.1) is 0 Å². The zero-order valence-electron chi connectivity index (χ0n) is 8.67. The van der Waals surface area contributed by atoms with Crippen LogP contribution in [0.15, 0.2) is 0 Å². The van der Waals surface area contributed by atoms with Gasteiger partial charge in [-0.15, -0.1) is 0 Å². The molecule has 0 heterocycles. The van der Waals surface area contributed by atoms with E-state index < -0.39 is 0 Å². The fourth-order valence-electron chi connectivity index (χ4n) is 0.723. The topological polar surface area (TPSA) is 21.3 Å². The summed E-state index contributed by atoms with van der Waals surface area (Å²) >= 11 is 0. The van der Waals surface area contributed by atoms with Gasteiger partial charge in [0.15, 0.2) is 0 Å². The average Bonchev–Trinajstić information content (AvgIpc) is 2.16. The average molecular weight is 223 g/mol. The molecule has 0 aromatic rings. The van der Waals surface area contributed by atoms with E-state index in [1.807, 2.05) is 21.6 Å². The van der Waals surface area contributed by atoms with Crippen molar-refractivity contribution in [2.24, 2.45) is 0 Å². The second-order valence-corrected chi connectivity index (χ2v) is 5.20. The molecule has 0 saturated heterocycles. The van der Waals surface area contributed by atoms with E-state index in [1.54, 1.807) is 0 Å². The summed E-state index contributed by atoms with van der Waals surface area (Å²) in [5.74, 6) is 1.99. The molecular formula is C9H21NOS2. The van der Waals surface area contributed by atoms with Gasteiger partial charge in [-0.2, -0.15) is 0 Å². The molecule has 0 aliphatic carbocycles. The highest BCUT2D eigenvalue weighted by molar-refractivity contribution is 8.76. The van der Waals surface area contributed by atoms with E-state index in [2.05, 4.69) is 19.2 Å². The number of nitrogens with one attached hydrogen (secondary N) is 1. The van der Waals surface area contributed by atoms with E-state index in [-0.39, 0.29) is 0 Å². The standard InChI is InChI=1S/C9H21NOS2/c1-3-5-7-11-9-13-12-8-6-10-4-2/h10H,3-9H2,1-2H3. The first-order valence-corrected chi connectivity index (χ1v) is 7.43. The van der Waals surface area contributed by atoms with Crippen molar-refractivity contribution in [3.8, 4) is 0 Å². The van der Waals surface area contributed by atoms with Crippen LogP contribution in [-0.4, -0.2) is 31.4 Å². The van der Waals surface area contributed by atoms with Crippen molar-refractivity contribution < 1.29 is 4.74 Å². The number of ether oxygens (including phenoxy) is 1. The molecule has 0 aromatic carbocycles. The van der Waals surface area contributed by atoms with E-state index >= 15 is 0 Å². The maximum Gasteiger partial charge on any atom is 0.102 e. The first kappa shape index (κ1) is 13.6. The minimum Gasteiger partial charge on any atom is -0.370 e. The fourth-order valence-corrected chi connectivity index (χ4v) is 2.33. The predicted molar refractivity (Wildman–Crippen MR) is 64.3 cm³/mol. The third kappa shape index (κ3) is 12.6. The molecule has 1 N–H and O–H groups in total. The molecule has 0 atom stereocenters. The molecule has 0 amide bonds. The molecule has 0 aliphatic heterocycles. The largest absolute Gasteiger partial charge is 0.370 e. The minimum atomic E-state index is 0.830. The summed E-state index contributed by atoms with van der Waals surface area (Å²) in [5.41, 5.74) is 0. The molecule has 0 rings (SSSR count). The molecule has 0 unspecified atom stereocenters. The molecule has 0 fully saturated rings. The molecule has 0 bridgehead atoms. The molecule has 13 heavy (non-hydrogen) atoms. The van der Waals surface area contributed by atoms with Crippen LogP contribution < -0.4 is 5.32 Å².